The lowest BCUT2D eigenvalue weighted by Gasteiger charge is -2.34. The number of carbonyl (C=O) groups is 2. The second kappa shape index (κ2) is 6.93. The molecule has 5 heteroatoms. The Hall–Kier alpha value is -1.88. The predicted molar refractivity (Wildman–Crippen MR) is 96.4 cm³/mol. The molecular weight excluding hydrogens is 322 g/mol. The van der Waals surface area contributed by atoms with Crippen molar-refractivity contribution in [2.24, 2.45) is 11.8 Å². The molecule has 1 fully saturated rings. The number of hydrogen-bond donors (Lipinski definition) is 0. The summed E-state index contributed by atoms with van der Waals surface area (Å²) in [6, 6.07) is 7.90. The Morgan fingerprint density at radius 2 is 1.88 bits per heavy atom. The summed E-state index contributed by atoms with van der Waals surface area (Å²) in [4.78, 5) is 27.1. The van der Waals surface area contributed by atoms with Crippen LogP contribution in [0.25, 0.3) is 10.1 Å². The van der Waals surface area contributed by atoms with Crippen molar-refractivity contribution in [1.82, 2.24) is 4.90 Å². The summed E-state index contributed by atoms with van der Waals surface area (Å²) in [7, 11) is 0. The fraction of sp³-hybridized carbons (Fsp3) is 0.474. The number of fused-ring (bicyclic) bond motifs is 1. The van der Waals surface area contributed by atoms with Crippen LogP contribution in [0.4, 0.5) is 0 Å². The van der Waals surface area contributed by atoms with E-state index in [-0.39, 0.29) is 12.5 Å². The molecule has 0 N–H and O–H groups in total. The molecule has 1 saturated heterocycles. The Labute approximate surface area is 146 Å². The van der Waals surface area contributed by atoms with E-state index < -0.39 is 5.97 Å². The molecule has 3 rings (SSSR count). The molecule has 1 aliphatic rings. The molecule has 2 aromatic rings. The first kappa shape index (κ1) is 17.0. The minimum Gasteiger partial charge on any atom is -0.451 e. The van der Waals surface area contributed by atoms with Gasteiger partial charge in [0.05, 0.1) is 0 Å². The number of nitrogens with zero attached hydrogens (tertiary/aromatic N) is 1. The SMILES string of the molecule is Cc1c(C(=O)OCC(=O)N2C[C@H](C)C[C@@H](C)C2)sc2ccccc12. The van der Waals surface area contributed by atoms with Gasteiger partial charge in [-0.15, -0.1) is 11.3 Å². The number of ether oxygens (including phenoxy) is 1. The van der Waals surface area contributed by atoms with Crippen LogP contribution in [0.1, 0.15) is 35.5 Å². The highest BCUT2D eigenvalue weighted by Crippen LogP contribution is 2.31. The van der Waals surface area contributed by atoms with Gasteiger partial charge in [-0.05, 0) is 42.2 Å². The third kappa shape index (κ3) is 3.46. The average Bonchev–Trinajstić information content (AvgIpc) is 2.89. The molecule has 0 aliphatic carbocycles. The number of amides is 1. The summed E-state index contributed by atoms with van der Waals surface area (Å²) in [6.07, 6.45) is 1.14. The molecule has 1 aromatic heterocycles. The molecule has 1 aliphatic heterocycles. The van der Waals surface area contributed by atoms with Gasteiger partial charge in [-0.1, -0.05) is 32.0 Å². The Balaban J connectivity index is 1.64. The summed E-state index contributed by atoms with van der Waals surface area (Å²) in [5.41, 5.74) is 0.924. The number of esters is 1. The van der Waals surface area contributed by atoms with Crippen molar-refractivity contribution in [1.29, 1.82) is 0 Å². The van der Waals surface area contributed by atoms with Crippen molar-refractivity contribution in [3.05, 3.63) is 34.7 Å². The molecule has 0 radical (unpaired) electrons. The van der Waals surface area contributed by atoms with Crippen molar-refractivity contribution >= 4 is 33.3 Å². The lowest BCUT2D eigenvalue weighted by Crippen LogP contribution is -2.44. The first-order valence-corrected chi connectivity index (χ1v) is 9.20. The summed E-state index contributed by atoms with van der Waals surface area (Å²) in [6.45, 7) is 7.56. The molecule has 24 heavy (non-hydrogen) atoms. The van der Waals surface area contributed by atoms with Crippen LogP contribution in [-0.4, -0.2) is 36.5 Å². The van der Waals surface area contributed by atoms with Crippen LogP contribution in [0.15, 0.2) is 24.3 Å². The highest BCUT2D eigenvalue weighted by atomic mass is 32.1. The van der Waals surface area contributed by atoms with Crippen LogP contribution in [0.3, 0.4) is 0 Å². The van der Waals surface area contributed by atoms with Gasteiger partial charge in [-0.3, -0.25) is 4.79 Å². The summed E-state index contributed by atoms with van der Waals surface area (Å²) in [5, 5.41) is 1.07. The summed E-state index contributed by atoms with van der Waals surface area (Å²) in [5.74, 6) is 0.497. The zero-order valence-electron chi connectivity index (χ0n) is 14.4. The van der Waals surface area contributed by atoms with Gasteiger partial charge >= 0.3 is 5.97 Å². The lowest BCUT2D eigenvalue weighted by molar-refractivity contribution is -0.137. The molecule has 2 heterocycles. The number of hydrogen-bond acceptors (Lipinski definition) is 4. The van der Waals surface area contributed by atoms with Crippen molar-refractivity contribution in [2.45, 2.75) is 27.2 Å². The Morgan fingerprint density at radius 1 is 1.21 bits per heavy atom. The second-order valence-electron chi connectivity index (χ2n) is 6.87. The van der Waals surface area contributed by atoms with Crippen molar-refractivity contribution in [3.8, 4) is 0 Å². The Bertz CT molecular complexity index is 757. The zero-order valence-corrected chi connectivity index (χ0v) is 15.2. The average molecular weight is 345 g/mol. The van der Waals surface area contributed by atoms with Crippen molar-refractivity contribution in [3.63, 3.8) is 0 Å². The molecule has 1 amide bonds. The van der Waals surface area contributed by atoms with E-state index in [0.717, 1.165) is 35.2 Å². The maximum absolute atomic E-state index is 12.4. The van der Waals surface area contributed by atoms with E-state index in [0.29, 0.717) is 16.7 Å². The van der Waals surface area contributed by atoms with Crippen LogP contribution in [0.2, 0.25) is 0 Å². The van der Waals surface area contributed by atoms with Gasteiger partial charge in [0.15, 0.2) is 6.61 Å². The van der Waals surface area contributed by atoms with Crippen LogP contribution in [0.5, 0.6) is 0 Å². The lowest BCUT2D eigenvalue weighted by atomic mass is 9.92. The number of likely N-dealkylation sites (tertiary alicyclic amines) is 1. The van der Waals surface area contributed by atoms with Gasteiger partial charge in [0.1, 0.15) is 4.88 Å². The predicted octanol–water partition coefficient (Wildman–Crippen LogP) is 3.87. The Morgan fingerprint density at radius 3 is 2.54 bits per heavy atom. The third-order valence-corrected chi connectivity index (χ3v) is 5.83. The molecule has 0 saturated carbocycles. The minimum atomic E-state index is -0.403. The first-order valence-electron chi connectivity index (χ1n) is 8.38. The van der Waals surface area contributed by atoms with Gasteiger partial charge in [0.2, 0.25) is 0 Å². The number of aryl methyl sites for hydroxylation is 1. The van der Waals surface area contributed by atoms with Crippen molar-refractivity contribution < 1.29 is 14.3 Å². The van der Waals surface area contributed by atoms with Crippen LogP contribution in [-0.2, 0) is 9.53 Å². The van der Waals surface area contributed by atoms with E-state index in [9.17, 15) is 9.59 Å². The largest absolute Gasteiger partial charge is 0.451 e. The summed E-state index contributed by atoms with van der Waals surface area (Å²) >= 11 is 1.42. The van der Waals surface area contributed by atoms with E-state index >= 15 is 0 Å². The van der Waals surface area contributed by atoms with Gasteiger partial charge in [-0.2, -0.15) is 0 Å². The normalized spacial score (nSPS) is 21.0. The minimum absolute atomic E-state index is 0.0967. The monoisotopic (exact) mass is 345 g/mol. The fourth-order valence-electron chi connectivity index (χ4n) is 3.52. The third-order valence-electron chi connectivity index (χ3n) is 4.58. The molecule has 128 valence electrons. The van der Waals surface area contributed by atoms with Gasteiger partial charge in [0.25, 0.3) is 5.91 Å². The van der Waals surface area contributed by atoms with Crippen molar-refractivity contribution in [2.75, 3.05) is 19.7 Å². The molecule has 0 bridgehead atoms. The molecule has 1 aromatic carbocycles. The summed E-state index contributed by atoms with van der Waals surface area (Å²) < 4.78 is 6.37. The maximum atomic E-state index is 12.4. The van der Waals surface area contributed by atoms with Crippen LogP contribution < -0.4 is 0 Å². The standard InChI is InChI=1S/C19H23NO3S/c1-12-8-13(2)10-20(9-12)17(21)11-23-19(22)18-14(3)15-6-4-5-7-16(15)24-18/h4-7,12-13H,8-11H2,1-3H3/t12-,13-/m1/s1. The van der Waals surface area contributed by atoms with Crippen LogP contribution in [0, 0.1) is 18.8 Å². The molecule has 4 nitrogen and oxygen atoms in total. The first-order chi connectivity index (χ1) is 11.5. The quantitative estimate of drug-likeness (QED) is 0.793. The smallest absolute Gasteiger partial charge is 0.349 e. The van der Waals surface area contributed by atoms with Gasteiger partial charge < -0.3 is 9.64 Å². The zero-order chi connectivity index (χ0) is 17.3. The molecule has 0 spiro atoms. The van der Waals surface area contributed by atoms with E-state index in [1.54, 1.807) is 0 Å². The van der Waals surface area contributed by atoms with Crippen LogP contribution >= 0.6 is 11.3 Å². The molecular formula is C19H23NO3S. The number of piperidine rings is 1. The number of thiophene rings is 1. The highest BCUT2D eigenvalue weighted by Gasteiger charge is 2.26. The highest BCUT2D eigenvalue weighted by molar-refractivity contribution is 7.21. The second-order valence-corrected chi connectivity index (χ2v) is 7.93. The van der Waals surface area contributed by atoms with E-state index in [1.165, 1.54) is 11.3 Å². The molecule has 0 unspecified atom stereocenters. The fourth-order valence-corrected chi connectivity index (χ4v) is 4.62. The van der Waals surface area contributed by atoms with E-state index in [1.807, 2.05) is 36.1 Å². The van der Waals surface area contributed by atoms with E-state index in [4.69, 9.17) is 4.74 Å². The maximum Gasteiger partial charge on any atom is 0.349 e. The van der Waals surface area contributed by atoms with Gasteiger partial charge in [-0.25, -0.2) is 4.79 Å². The Kier molecular flexibility index (Phi) is 4.90. The van der Waals surface area contributed by atoms with Gasteiger partial charge in [0, 0.05) is 17.8 Å². The number of benzene rings is 1. The topological polar surface area (TPSA) is 46.6 Å². The molecule has 2 atom stereocenters. The number of carbonyl (C=O) groups excluding carboxylic acids is 2. The van der Waals surface area contributed by atoms with E-state index in [2.05, 4.69) is 13.8 Å². The number of rotatable bonds is 3.